The summed E-state index contributed by atoms with van der Waals surface area (Å²) in [6, 6.07) is 1.04. The van der Waals surface area contributed by atoms with Crippen LogP contribution in [0.5, 0.6) is 0 Å². The first-order valence-electron chi connectivity index (χ1n) is 6.81. The van der Waals surface area contributed by atoms with E-state index in [0.29, 0.717) is 5.92 Å². The Kier molecular flexibility index (Phi) is 4.84. The number of hydrogen-bond acceptors (Lipinski definition) is 6. The second-order valence-electron chi connectivity index (χ2n) is 5.36. The third kappa shape index (κ3) is 3.72. The third-order valence-electron chi connectivity index (χ3n) is 3.72. The zero-order valence-corrected chi connectivity index (χ0v) is 13.6. The Morgan fingerprint density at radius 3 is 2.43 bits per heavy atom. The van der Waals surface area contributed by atoms with Crippen LogP contribution in [-0.2, 0) is 10.0 Å². The summed E-state index contributed by atoms with van der Waals surface area (Å²) < 4.78 is 27.3. The van der Waals surface area contributed by atoms with E-state index in [-0.39, 0.29) is 20.9 Å². The van der Waals surface area contributed by atoms with E-state index in [1.165, 1.54) is 7.05 Å². The van der Waals surface area contributed by atoms with Gasteiger partial charge in [-0.2, -0.15) is 0 Å². The molecular weight excluding hydrogens is 314 g/mol. The van der Waals surface area contributed by atoms with E-state index in [1.54, 1.807) is 0 Å². The molecule has 1 saturated carbocycles. The maximum absolute atomic E-state index is 12.3. The highest BCUT2D eigenvalue weighted by molar-refractivity contribution is 7.91. The highest BCUT2D eigenvalue weighted by atomic mass is 32.2. The SMILES string of the molecule is CNc1sc(S(=O)(=O)NC2CCC(C)CC2)cc1[N+](=O)[O-]. The lowest BCUT2D eigenvalue weighted by atomic mass is 9.88. The molecule has 1 aliphatic rings. The quantitative estimate of drug-likeness (QED) is 0.637. The molecule has 0 atom stereocenters. The fourth-order valence-corrected chi connectivity index (χ4v) is 5.06. The molecule has 118 valence electrons. The average Bonchev–Trinajstić information content (AvgIpc) is 2.86. The van der Waals surface area contributed by atoms with Crippen LogP contribution in [0.15, 0.2) is 10.3 Å². The predicted octanol–water partition coefficient (Wildman–Crippen LogP) is 2.56. The minimum absolute atomic E-state index is 0.0165. The Morgan fingerprint density at radius 2 is 1.95 bits per heavy atom. The summed E-state index contributed by atoms with van der Waals surface area (Å²) in [7, 11) is -2.17. The van der Waals surface area contributed by atoms with Gasteiger partial charge in [0.05, 0.1) is 4.92 Å². The van der Waals surface area contributed by atoms with E-state index in [4.69, 9.17) is 0 Å². The summed E-state index contributed by atoms with van der Waals surface area (Å²) >= 11 is 0.881. The van der Waals surface area contributed by atoms with Crippen molar-refractivity contribution in [3.05, 3.63) is 16.2 Å². The summed E-state index contributed by atoms with van der Waals surface area (Å²) in [5.74, 6) is 0.629. The van der Waals surface area contributed by atoms with Crippen LogP contribution >= 0.6 is 11.3 Å². The molecule has 0 unspecified atom stereocenters. The topological polar surface area (TPSA) is 101 Å². The van der Waals surface area contributed by atoms with Crippen molar-refractivity contribution in [1.82, 2.24) is 4.72 Å². The zero-order chi connectivity index (χ0) is 15.6. The highest BCUT2D eigenvalue weighted by Crippen LogP contribution is 2.37. The number of anilines is 1. The molecule has 1 aromatic rings. The van der Waals surface area contributed by atoms with Gasteiger partial charge in [0.25, 0.3) is 10.0 Å². The van der Waals surface area contributed by atoms with Gasteiger partial charge in [0.1, 0.15) is 4.21 Å². The standard InChI is InChI=1S/C12H19N3O4S2/c1-8-3-5-9(6-4-8)14-21(18,19)11-7-10(15(16)17)12(13-2)20-11/h7-9,13-14H,3-6H2,1-2H3. The Balaban J connectivity index is 2.18. The molecular formula is C12H19N3O4S2. The molecule has 0 aliphatic heterocycles. The Morgan fingerprint density at radius 1 is 1.33 bits per heavy atom. The van der Waals surface area contributed by atoms with Gasteiger partial charge in [-0.25, -0.2) is 13.1 Å². The lowest BCUT2D eigenvalue weighted by Gasteiger charge is -2.26. The molecule has 2 rings (SSSR count). The molecule has 7 nitrogen and oxygen atoms in total. The summed E-state index contributed by atoms with van der Waals surface area (Å²) in [4.78, 5) is 10.3. The lowest BCUT2D eigenvalue weighted by Crippen LogP contribution is -2.36. The van der Waals surface area contributed by atoms with Crippen molar-refractivity contribution >= 4 is 32.0 Å². The summed E-state index contributed by atoms with van der Waals surface area (Å²) in [6.07, 6.45) is 3.62. The Bertz CT molecular complexity index is 618. The van der Waals surface area contributed by atoms with Crippen molar-refractivity contribution in [3.63, 3.8) is 0 Å². The maximum atomic E-state index is 12.3. The number of nitro groups is 1. The van der Waals surface area contributed by atoms with Crippen LogP contribution in [0.1, 0.15) is 32.6 Å². The molecule has 1 fully saturated rings. The first-order chi connectivity index (χ1) is 9.83. The van der Waals surface area contributed by atoms with Gasteiger partial charge in [-0.15, -0.1) is 0 Å². The van der Waals surface area contributed by atoms with Crippen LogP contribution in [0.25, 0.3) is 0 Å². The van der Waals surface area contributed by atoms with Gasteiger partial charge in [-0.1, -0.05) is 18.3 Å². The van der Waals surface area contributed by atoms with Crippen molar-refractivity contribution < 1.29 is 13.3 Å². The van der Waals surface area contributed by atoms with Gasteiger partial charge in [-0.05, 0) is 31.6 Å². The summed E-state index contributed by atoms with van der Waals surface area (Å²) in [5, 5.41) is 13.8. The van der Waals surface area contributed by atoms with E-state index < -0.39 is 14.9 Å². The van der Waals surface area contributed by atoms with Crippen LogP contribution in [0.3, 0.4) is 0 Å². The molecule has 1 aliphatic carbocycles. The van der Waals surface area contributed by atoms with E-state index in [0.717, 1.165) is 43.1 Å². The van der Waals surface area contributed by atoms with Gasteiger partial charge >= 0.3 is 5.69 Å². The second-order valence-corrected chi connectivity index (χ2v) is 8.36. The molecule has 0 aromatic carbocycles. The molecule has 1 aromatic heterocycles. The predicted molar refractivity (Wildman–Crippen MR) is 82.3 cm³/mol. The second kappa shape index (κ2) is 6.29. The molecule has 0 spiro atoms. The van der Waals surface area contributed by atoms with Gasteiger partial charge in [0.2, 0.25) is 0 Å². The van der Waals surface area contributed by atoms with Crippen molar-refractivity contribution in [2.24, 2.45) is 5.92 Å². The lowest BCUT2D eigenvalue weighted by molar-refractivity contribution is -0.383. The van der Waals surface area contributed by atoms with Crippen molar-refractivity contribution in [3.8, 4) is 0 Å². The van der Waals surface area contributed by atoms with Crippen LogP contribution < -0.4 is 10.0 Å². The van der Waals surface area contributed by atoms with Crippen molar-refractivity contribution in [1.29, 1.82) is 0 Å². The highest BCUT2D eigenvalue weighted by Gasteiger charge is 2.29. The molecule has 1 heterocycles. The number of hydrogen-bond donors (Lipinski definition) is 2. The fourth-order valence-electron chi connectivity index (χ4n) is 2.46. The Hall–Kier alpha value is -1.19. The number of sulfonamides is 1. The van der Waals surface area contributed by atoms with Gasteiger partial charge in [0, 0.05) is 19.2 Å². The Labute approximate surface area is 127 Å². The van der Waals surface area contributed by atoms with Crippen molar-refractivity contribution in [2.45, 2.75) is 42.9 Å². The molecule has 0 amide bonds. The van der Waals surface area contributed by atoms with E-state index in [1.807, 2.05) is 0 Å². The van der Waals surface area contributed by atoms with Gasteiger partial charge in [-0.3, -0.25) is 10.1 Å². The number of rotatable bonds is 5. The fraction of sp³-hybridized carbons (Fsp3) is 0.667. The van der Waals surface area contributed by atoms with Crippen LogP contribution in [0.2, 0.25) is 0 Å². The van der Waals surface area contributed by atoms with Crippen LogP contribution in [0, 0.1) is 16.0 Å². The van der Waals surface area contributed by atoms with Gasteiger partial charge < -0.3 is 5.32 Å². The number of nitrogens with zero attached hydrogens (tertiary/aromatic N) is 1. The normalized spacial score (nSPS) is 23.0. The molecule has 0 saturated heterocycles. The molecule has 2 N–H and O–H groups in total. The minimum Gasteiger partial charge on any atom is -0.374 e. The summed E-state index contributed by atoms with van der Waals surface area (Å²) in [6.45, 7) is 2.16. The molecule has 9 heteroatoms. The van der Waals surface area contributed by atoms with Gasteiger partial charge in [0.15, 0.2) is 5.00 Å². The van der Waals surface area contributed by atoms with E-state index in [9.17, 15) is 18.5 Å². The van der Waals surface area contributed by atoms with E-state index in [2.05, 4.69) is 17.0 Å². The van der Waals surface area contributed by atoms with Crippen LogP contribution in [0.4, 0.5) is 10.7 Å². The summed E-state index contributed by atoms with van der Waals surface area (Å²) in [5.41, 5.74) is -0.208. The molecule has 0 radical (unpaired) electrons. The first kappa shape index (κ1) is 16.2. The minimum atomic E-state index is -3.70. The largest absolute Gasteiger partial charge is 0.374 e. The number of nitrogens with one attached hydrogen (secondary N) is 2. The molecule has 21 heavy (non-hydrogen) atoms. The van der Waals surface area contributed by atoms with Crippen molar-refractivity contribution in [2.75, 3.05) is 12.4 Å². The van der Waals surface area contributed by atoms with E-state index >= 15 is 0 Å². The van der Waals surface area contributed by atoms with Crippen LogP contribution in [-0.4, -0.2) is 26.4 Å². The monoisotopic (exact) mass is 333 g/mol. The maximum Gasteiger partial charge on any atom is 0.304 e. The number of thiophene rings is 1. The average molecular weight is 333 g/mol. The third-order valence-corrected chi connectivity index (χ3v) is 6.85. The smallest absolute Gasteiger partial charge is 0.304 e. The first-order valence-corrected chi connectivity index (χ1v) is 9.11. The molecule has 0 bridgehead atoms. The zero-order valence-electron chi connectivity index (χ0n) is 12.0.